The van der Waals surface area contributed by atoms with Crippen molar-refractivity contribution < 1.29 is 18.0 Å². The number of rotatable bonds is 8. The van der Waals surface area contributed by atoms with E-state index in [0.29, 0.717) is 17.7 Å². The van der Waals surface area contributed by atoms with Gasteiger partial charge in [-0.3, -0.25) is 9.59 Å². The second-order valence-electron chi connectivity index (χ2n) is 5.45. The SMILES string of the molecule is CCC(=O)Nc1ccc(C(=O)NCCNS(=O)(=O)c2ccccc2)cc1. The van der Waals surface area contributed by atoms with Gasteiger partial charge >= 0.3 is 0 Å². The first-order valence-electron chi connectivity index (χ1n) is 8.15. The topological polar surface area (TPSA) is 104 Å². The molecule has 0 aromatic heterocycles. The van der Waals surface area contributed by atoms with Crippen molar-refractivity contribution in [3.63, 3.8) is 0 Å². The Morgan fingerprint density at radius 3 is 2.19 bits per heavy atom. The maximum absolute atomic E-state index is 12.1. The first-order valence-corrected chi connectivity index (χ1v) is 9.63. The summed E-state index contributed by atoms with van der Waals surface area (Å²) in [6, 6.07) is 14.5. The minimum atomic E-state index is -3.58. The standard InChI is InChI=1S/C18H21N3O4S/c1-2-17(22)21-15-10-8-14(9-11-15)18(23)19-12-13-20-26(24,25)16-6-4-3-5-7-16/h3-11,20H,2,12-13H2,1H3,(H,19,23)(H,21,22). The maximum Gasteiger partial charge on any atom is 0.251 e. The highest BCUT2D eigenvalue weighted by molar-refractivity contribution is 7.89. The zero-order valence-corrected chi connectivity index (χ0v) is 15.2. The molecule has 138 valence electrons. The Hall–Kier alpha value is -2.71. The quantitative estimate of drug-likeness (QED) is 0.611. The average Bonchev–Trinajstić information content (AvgIpc) is 2.66. The minimum absolute atomic E-state index is 0.0770. The lowest BCUT2D eigenvalue weighted by molar-refractivity contribution is -0.115. The van der Waals surface area contributed by atoms with Gasteiger partial charge in [0.1, 0.15) is 0 Å². The largest absolute Gasteiger partial charge is 0.351 e. The third kappa shape index (κ3) is 5.68. The van der Waals surface area contributed by atoms with Crippen molar-refractivity contribution in [2.75, 3.05) is 18.4 Å². The highest BCUT2D eigenvalue weighted by Gasteiger charge is 2.12. The summed E-state index contributed by atoms with van der Waals surface area (Å²) < 4.78 is 26.5. The minimum Gasteiger partial charge on any atom is -0.351 e. The highest BCUT2D eigenvalue weighted by atomic mass is 32.2. The van der Waals surface area contributed by atoms with Crippen molar-refractivity contribution in [1.82, 2.24) is 10.0 Å². The Morgan fingerprint density at radius 2 is 1.58 bits per heavy atom. The van der Waals surface area contributed by atoms with Gasteiger partial charge in [-0.05, 0) is 36.4 Å². The highest BCUT2D eigenvalue weighted by Crippen LogP contribution is 2.10. The van der Waals surface area contributed by atoms with Crippen LogP contribution in [-0.2, 0) is 14.8 Å². The third-order valence-corrected chi connectivity index (χ3v) is 4.99. The summed E-state index contributed by atoms with van der Waals surface area (Å²) in [6.45, 7) is 1.98. The van der Waals surface area contributed by atoms with Gasteiger partial charge in [0.25, 0.3) is 5.91 Å². The third-order valence-electron chi connectivity index (χ3n) is 3.51. The van der Waals surface area contributed by atoms with E-state index < -0.39 is 10.0 Å². The van der Waals surface area contributed by atoms with Crippen LogP contribution in [-0.4, -0.2) is 33.3 Å². The van der Waals surface area contributed by atoms with E-state index in [0.717, 1.165) is 0 Å². The first-order chi connectivity index (χ1) is 12.4. The number of carbonyl (C=O) groups excluding carboxylic acids is 2. The molecule has 0 saturated carbocycles. The first kappa shape index (κ1) is 19.6. The molecule has 0 heterocycles. The second kappa shape index (κ2) is 9.12. The van der Waals surface area contributed by atoms with Gasteiger partial charge in [0.15, 0.2) is 0 Å². The van der Waals surface area contributed by atoms with E-state index in [-0.39, 0.29) is 29.8 Å². The van der Waals surface area contributed by atoms with E-state index in [1.807, 2.05) is 0 Å². The fraction of sp³-hybridized carbons (Fsp3) is 0.222. The summed E-state index contributed by atoms with van der Waals surface area (Å²) in [4.78, 5) is 23.5. The molecule has 2 amide bonds. The maximum atomic E-state index is 12.1. The lowest BCUT2D eigenvalue weighted by Crippen LogP contribution is -2.34. The van der Waals surface area contributed by atoms with Crippen LogP contribution in [0.25, 0.3) is 0 Å². The summed E-state index contributed by atoms with van der Waals surface area (Å²) in [7, 11) is -3.58. The van der Waals surface area contributed by atoms with E-state index in [1.54, 1.807) is 49.4 Å². The molecule has 26 heavy (non-hydrogen) atoms. The van der Waals surface area contributed by atoms with Gasteiger partial charge in [-0.2, -0.15) is 0 Å². The number of benzene rings is 2. The lowest BCUT2D eigenvalue weighted by atomic mass is 10.2. The Morgan fingerprint density at radius 1 is 0.923 bits per heavy atom. The van der Waals surface area contributed by atoms with Crippen molar-refractivity contribution in [3.05, 3.63) is 60.2 Å². The van der Waals surface area contributed by atoms with Crippen molar-refractivity contribution in [1.29, 1.82) is 0 Å². The molecule has 7 nitrogen and oxygen atoms in total. The monoisotopic (exact) mass is 375 g/mol. The van der Waals surface area contributed by atoms with Gasteiger partial charge in [-0.25, -0.2) is 13.1 Å². The normalized spacial score (nSPS) is 11.0. The molecule has 0 saturated heterocycles. The van der Waals surface area contributed by atoms with E-state index in [4.69, 9.17) is 0 Å². The molecule has 2 aromatic carbocycles. The number of anilines is 1. The summed E-state index contributed by atoms with van der Waals surface area (Å²) in [5.74, 6) is -0.426. The predicted octanol–water partition coefficient (Wildman–Crippen LogP) is 1.74. The average molecular weight is 375 g/mol. The zero-order chi connectivity index (χ0) is 19.0. The molecule has 0 aliphatic carbocycles. The van der Waals surface area contributed by atoms with Crippen molar-refractivity contribution >= 4 is 27.5 Å². The fourth-order valence-electron chi connectivity index (χ4n) is 2.10. The summed E-state index contributed by atoms with van der Waals surface area (Å²) in [5, 5.41) is 5.34. The Kier molecular flexibility index (Phi) is 6.88. The fourth-order valence-corrected chi connectivity index (χ4v) is 3.15. The molecule has 0 bridgehead atoms. The van der Waals surface area contributed by atoms with Crippen LogP contribution in [0.1, 0.15) is 23.7 Å². The molecule has 3 N–H and O–H groups in total. The van der Waals surface area contributed by atoms with Gasteiger partial charge in [-0.1, -0.05) is 25.1 Å². The number of carbonyl (C=O) groups is 2. The summed E-state index contributed by atoms with van der Waals surface area (Å²) in [5.41, 5.74) is 1.04. The van der Waals surface area contributed by atoms with Crippen LogP contribution in [0.2, 0.25) is 0 Å². The van der Waals surface area contributed by atoms with Gasteiger partial charge in [0.2, 0.25) is 15.9 Å². The molecule has 0 spiro atoms. The second-order valence-corrected chi connectivity index (χ2v) is 7.21. The number of sulfonamides is 1. The van der Waals surface area contributed by atoms with E-state index in [1.165, 1.54) is 12.1 Å². The molecule has 0 radical (unpaired) electrons. The molecule has 0 unspecified atom stereocenters. The van der Waals surface area contributed by atoms with Crippen LogP contribution in [0.15, 0.2) is 59.5 Å². The van der Waals surface area contributed by atoms with Crippen LogP contribution < -0.4 is 15.4 Å². The Bertz CT molecular complexity index is 850. The van der Waals surface area contributed by atoms with Crippen LogP contribution in [0.4, 0.5) is 5.69 Å². The zero-order valence-electron chi connectivity index (χ0n) is 14.4. The van der Waals surface area contributed by atoms with Crippen molar-refractivity contribution in [2.45, 2.75) is 18.2 Å². The van der Waals surface area contributed by atoms with E-state index in [9.17, 15) is 18.0 Å². The molecule has 0 atom stereocenters. The molecule has 2 aromatic rings. The number of amides is 2. The lowest BCUT2D eigenvalue weighted by Gasteiger charge is -2.09. The predicted molar refractivity (Wildman–Crippen MR) is 99.3 cm³/mol. The van der Waals surface area contributed by atoms with Gasteiger partial charge in [0.05, 0.1) is 4.90 Å². The summed E-state index contributed by atoms with van der Waals surface area (Å²) in [6.07, 6.45) is 0.376. The number of nitrogens with one attached hydrogen (secondary N) is 3. The Balaban J connectivity index is 1.81. The molecule has 0 aliphatic heterocycles. The van der Waals surface area contributed by atoms with Crippen LogP contribution in [0, 0.1) is 0 Å². The molecular weight excluding hydrogens is 354 g/mol. The number of hydrogen-bond acceptors (Lipinski definition) is 4. The number of hydrogen-bond donors (Lipinski definition) is 3. The van der Waals surface area contributed by atoms with Gasteiger partial charge in [0, 0.05) is 30.8 Å². The van der Waals surface area contributed by atoms with E-state index >= 15 is 0 Å². The smallest absolute Gasteiger partial charge is 0.251 e. The van der Waals surface area contributed by atoms with E-state index in [2.05, 4.69) is 15.4 Å². The molecule has 0 fully saturated rings. The van der Waals surface area contributed by atoms with Crippen molar-refractivity contribution in [2.24, 2.45) is 0 Å². The van der Waals surface area contributed by atoms with Crippen molar-refractivity contribution in [3.8, 4) is 0 Å². The van der Waals surface area contributed by atoms with Crippen LogP contribution in [0.5, 0.6) is 0 Å². The molecule has 0 aliphatic rings. The molecule has 8 heteroatoms. The summed E-state index contributed by atoms with van der Waals surface area (Å²) >= 11 is 0. The molecular formula is C18H21N3O4S. The van der Waals surface area contributed by atoms with Gasteiger partial charge < -0.3 is 10.6 Å². The molecule has 2 rings (SSSR count). The van der Waals surface area contributed by atoms with Gasteiger partial charge in [-0.15, -0.1) is 0 Å². The van der Waals surface area contributed by atoms with Crippen LogP contribution in [0.3, 0.4) is 0 Å². The van der Waals surface area contributed by atoms with Crippen LogP contribution >= 0.6 is 0 Å². The Labute approximate surface area is 152 Å².